The number of hydrogen-bond acceptors (Lipinski definition) is 5. The summed E-state index contributed by atoms with van der Waals surface area (Å²) in [5.41, 5.74) is -0.568. The third-order valence-corrected chi connectivity index (χ3v) is 5.38. The Balaban J connectivity index is 2.21. The number of carbonyl (C=O) groups excluding carboxylic acids is 2. The lowest BCUT2D eigenvalue weighted by Crippen LogP contribution is -2.50. The van der Waals surface area contributed by atoms with E-state index in [4.69, 9.17) is 4.74 Å². The van der Waals surface area contributed by atoms with Crippen molar-refractivity contribution < 1.29 is 22.7 Å². The van der Waals surface area contributed by atoms with Crippen LogP contribution < -0.4 is 14.4 Å². The summed E-state index contributed by atoms with van der Waals surface area (Å²) in [7, 11) is 1.04. The summed E-state index contributed by atoms with van der Waals surface area (Å²) in [6.45, 7) is 3.25. The molecule has 0 unspecified atom stereocenters. The molecule has 1 aromatic carbocycles. The second kappa shape index (κ2) is 6.64. The molecule has 1 N–H and O–H groups in total. The monoisotopic (exact) mass is 369 g/mol. The number of ether oxygens (including phenoxy) is 1. The van der Waals surface area contributed by atoms with Gasteiger partial charge in [0.1, 0.15) is 5.75 Å². The lowest BCUT2D eigenvalue weighted by molar-refractivity contribution is -0.132. The fraction of sp³-hybridized carbons (Fsp3) is 0.500. The average molecular weight is 369 g/mol. The predicted octanol–water partition coefficient (Wildman–Crippen LogP) is 0.577. The maximum Gasteiger partial charge on any atom is 0.270 e. The largest absolute Gasteiger partial charge is 0.476 e. The maximum atomic E-state index is 12.4. The molecule has 1 aliphatic heterocycles. The minimum absolute atomic E-state index is 0.00116. The Bertz CT molecular complexity index is 802. The van der Waals surface area contributed by atoms with E-state index < -0.39 is 15.6 Å². The first-order chi connectivity index (χ1) is 11.5. The summed E-state index contributed by atoms with van der Waals surface area (Å²) < 4.78 is 32.9. The summed E-state index contributed by atoms with van der Waals surface area (Å²) in [4.78, 5) is 26.6. The van der Waals surface area contributed by atoms with Gasteiger partial charge in [0.15, 0.2) is 5.60 Å². The van der Waals surface area contributed by atoms with E-state index in [1.54, 1.807) is 35.0 Å². The second-order valence-corrected chi connectivity index (χ2v) is 8.31. The van der Waals surface area contributed by atoms with E-state index in [0.29, 0.717) is 11.4 Å². The molecule has 0 fully saturated rings. The van der Waals surface area contributed by atoms with Crippen LogP contribution in [0.25, 0.3) is 0 Å². The van der Waals surface area contributed by atoms with Gasteiger partial charge in [-0.2, -0.15) is 0 Å². The first-order valence-corrected chi connectivity index (χ1v) is 9.25. The van der Waals surface area contributed by atoms with Gasteiger partial charge in [-0.25, -0.2) is 13.1 Å². The number of fused-ring (bicyclic) bond motifs is 1. The van der Waals surface area contributed by atoms with Gasteiger partial charge in [-0.05, 0) is 26.0 Å². The van der Waals surface area contributed by atoms with Crippen LogP contribution in [0.1, 0.15) is 20.3 Å². The van der Waals surface area contributed by atoms with Crippen molar-refractivity contribution in [3.8, 4) is 5.75 Å². The predicted molar refractivity (Wildman–Crippen MR) is 93.1 cm³/mol. The topological polar surface area (TPSA) is 96.0 Å². The lowest BCUT2D eigenvalue weighted by Gasteiger charge is -2.37. The Morgan fingerprint density at radius 3 is 2.56 bits per heavy atom. The SMILES string of the molecule is CN(C)C(=O)CCNS(=O)(=O)c1ccc2c(c1)OC(C)(C)C(=O)N2C. The number of benzene rings is 1. The van der Waals surface area contributed by atoms with Crippen molar-refractivity contribution >= 4 is 27.5 Å². The fourth-order valence-electron chi connectivity index (χ4n) is 2.45. The molecule has 138 valence electrons. The molecule has 1 heterocycles. The van der Waals surface area contributed by atoms with Crippen LogP contribution in [0.15, 0.2) is 23.1 Å². The molecule has 1 aliphatic rings. The van der Waals surface area contributed by atoms with Gasteiger partial charge in [0.05, 0.1) is 10.6 Å². The standard InChI is InChI=1S/C16H23N3O5S/c1-16(2)15(21)19(5)12-7-6-11(10-13(12)24-16)25(22,23)17-9-8-14(20)18(3)4/h6-7,10,17H,8-9H2,1-5H3. The molecule has 1 aromatic rings. The Hall–Kier alpha value is -2.13. The normalized spacial score (nSPS) is 16.2. The maximum absolute atomic E-state index is 12.4. The number of hydrogen-bond donors (Lipinski definition) is 1. The highest BCUT2D eigenvalue weighted by atomic mass is 32.2. The number of anilines is 1. The smallest absolute Gasteiger partial charge is 0.270 e. The molecule has 25 heavy (non-hydrogen) atoms. The van der Waals surface area contributed by atoms with Gasteiger partial charge >= 0.3 is 0 Å². The van der Waals surface area contributed by atoms with E-state index in [9.17, 15) is 18.0 Å². The third-order valence-electron chi connectivity index (χ3n) is 3.92. The summed E-state index contributed by atoms with van der Waals surface area (Å²) in [5, 5.41) is 0. The summed E-state index contributed by atoms with van der Waals surface area (Å²) in [6, 6.07) is 4.32. The van der Waals surface area contributed by atoms with Crippen LogP contribution in [0, 0.1) is 0 Å². The van der Waals surface area contributed by atoms with E-state index in [0.717, 1.165) is 0 Å². The molecule has 0 aromatic heterocycles. The average Bonchev–Trinajstić information content (AvgIpc) is 2.51. The summed E-state index contributed by atoms with van der Waals surface area (Å²) in [6.07, 6.45) is 0.0674. The van der Waals surface area contributed by atoms with Gasteiger partial charge in [0.2, 0.25) is 15.9 Å². The Kier molecular flexibility index (Phi) is 5.10. The van der Waals surface area contributed by atoms with Crippen molar-refractivity contribution in [3.63, 3.8) is 0 Å². The first kappa shape index (κ1) is 19.2. The second-order valence-electron chi connectivity index (χ2n) is 6.54. The number of rotatable bonds is 5. The highest BCUT2D eigenvalue weighted by Crippen LogP contribution is 2.38. The lowest BCUT2D eigenvalue weighted by atomic mass is 10.0. The van der Waals surface area contributed by atoms with Gasteiger partial charge < -0.3 is 14.5 Å². The Morgan fingerprint density at radius 2 is 1.96 bits per heavy atom. The molecule has 0 aliphatic carbocycles. The number of carbonyl (C=O) groups is 2. The van der Waals surface area contributed by atoms with Gasteiger partial charge in [-0.15, -0.1) is 0 Å². The highest BCUT2D eigenvalue weighted by Gasteiger charge is 2.39. The molecule has 0 bridgehead atoms. The van der Waals surface area contributed by atoms with Gasteiger partial charge in [0.25, 0.3) is 5.91 Å². The Labute approximate surface area is 147 Å². The third kappa shape index (κ3) is 3.93. The number of nitrogens with one attached hydrogen (secondary N) is 1. The zero-order chi connectivity index (χ0) is 19.0. The van der Waals surface area contributed by atoms with Crippen LogP contribution in [0.5, 0.6) is 5.75 Å². The van der Waals surface area contributed by atoms with Crippen molar-refractivity contribution in [1.82, 2.24) is 9.62 Å². The molecule has 2 amide bonds. The van der Waals surface area contributed by atoms with E-state index in [1.807, 2.05) is 0 Å². The van der Waals surface area contributed by atoms with Crippen molar-refractivity contribution in [2.75, 3.05) is 32.6 Å². The first-order valence-electron chi connectivity index (χ1n) is 7.77. The molecule has 0 atom stereocenters. The molecule has 0 saturated heterocycles. The quantitative estimate of drug-likeness (QED) is 0.819. The molecular formula is C16H23N3O5S. The molecule has 0 spiro atoms. The highest BCUT2D eigenvalue weighted by molar-refractivity contribution is 7.89. The molecule has 2 rings (SSSR count). The van der Waals surface area contributed by atoms with Crippen molar-refractivity contribution in [1.29, 1.82) is 0 Å². The molecule has 9 heteroatoms. The molecule has 0 radical (unpaired) electrons. The molecule has 8 nitrogen and oxygen atoms in total. The zero-order valence-corrected chi connectivity index (χ0v) is 15.8. The number of sulfonamides is 1. The van der Waals surface area contributed by atoms with E-state index in [1.165, 1.54) is 28.0 Å². The van der Waals surface area contributed by atoms with Gasteiger partial charge in [0, 0.05) is 40.2 Å². The number of nitrogens with zero attached hydrogens (tertiary/aromatic N) is 2. The van der Waals surface area contributed by atoms with Gasteiger partial charge in [-0.1, -0.05) is 0 Å². The van der Waals surface area contributed by atoms with Crippen LogP contribution in [0.3, 0.4) is 0 Å². The number of likely N-dealkylation sites (N-methyl/N-ethyl adjacent to an activating group) is 1. The van der Waals surface area contributed by atoms with Gasteiger partial charge in [-0.3, -0.25) is 9.59 Å². The number of amides is 2. The fourth-order valence-corrected chi connectivity index (χ4v) is 3.50. The zero-order valence-electron chi connectivity index (χ0n) is 15.0. The van der Waals surface area contributed by atoms with Crippen LogP contribution in [0.4, 0.5) is 5.69 Å². The Morgan fingerprint density at radius 1 is 1.32 bits per heavy atom. The molecule has 0 saturated carbocycles. The van der Waals surface area contributed by atoms with E-state index in [2.05, 4.69) is 4.72 Å². The molecular weight excluding hydrogens is 346 g/mol. The van der Waals surface area contributed by atoms with Crippen molar-refractivity contribution in [2.45, 2.75) is 30.8 Å². The summed E-state index contributed by atoms with van der Waals surface area (Å²) >= 11 is 0. The van der Waals surface area contributed by atoms with E-state index >= 15 is 0 Å². The van der Waals surface area contributed by atoms with Crippen molar-refractivity contribution in [3.05, 3.63) is 18.2 Å². The van der Waals surface area contributed by atoms with Crippen LogP contribution >= 0.6 is 0 Å². The van der Waals surface area contributed by atoms with Crippen molar-refractivity contribution in [2.24, 2.45) is 0 Å². The summed E-state index contributed by atoms with van der Waals surface area (Å²) in [5.74, 6) is -0.0615. The van der Waals surface area contributed by atoms with Crippen LogP contribution in [-0.4, -0.2) is 58.4 Å². The van der Waals surface area contributed by atoms with E-state index in [-0.39, 0.29) is 29.7 Å². The van der Waals surface area contributed by atoms with Crippen LogP contribution in [-0.2, 0) is 19.6 Å². The van der Waals surface area contributed by atoms with Crippen LogP contribution in [0.2, 0.25) is 0 Å². The minimum atomic E-state index is -3.79. The minimum Gasteiger partial charge on any atom is -0.476 e.